The minimum absolute atomic E-state index is 0.0148. The fourth-order valence-corrected chi connectivity index (χ4v) is 2.61. The van der Waals surface area contributed by atoms with E-state index in [-0.39, 0.29) is 11.9 Å². The van der Waals surface area contributed by atoms with Crippen LogP contribution in [0, 0.1) is 0 Å². The van der Waals surface area contributed by atoms with Gasteiger partial charge in [-0.2, -0.15) is 0 Å². The maximum atomic E-state index is 11.9. The average Bonchev–Trinajstić information content (AvgIpc) is 2.70. The largest absolute Gasteiger partial charge is 0.349 e. The summed E-state index contributed by atoms with van der Waals surface area (Å²) in [5.41, 5.74) is 2.48. The molecule has 4 heteroatoms. The molecule has 3 aromatic carbocycles. The van der Waals surface area contributed by atoms with Gasteiger partial charge in [-0.3, -0.25) is 9.59 Å². The lowest BCUT2D eigenvalue weighted by atomic mass is 10.1. The molecule has 0 bridgehead atoms. The summed E-state index contributed by atoms with van der Waals surface area (Å²) in [5, 5.41) is 2.60. The molecule has 1 unspecified atom stereocenters. The number of hydrogen-bond donors (Lipinski definition) is 1. The molecule has 1 amide bonds. The zero-order chi connectivity index (χ0) is 19.5. The van der Waals surface area contributed by atoms with Crippen LogP contribution < -0.4 is 5.32 Å². The molecule has 0 aromatic heterocycles. The predicted molar refractivity (Wildman–Crippen MR) is 110 cm³/mol. The summed E-state index contributed by atoms with van der Waals surface area (Å²) >= 11 is 5.16. The molecule has 0 heterocycles. The second-order valence-electron chi connectivity index (χ2n) is 6.07. The monoisotopic (exact) mass is 379 g/mol. The lowest BCUT2D eigenvalue weighted by Crippen LogP contribution is -2.34. The lowest BCUT2D eigenvalue weighted by Gasteiger charge is -2.14. The molecular weight excluding hydrogens is 358 g/mol. The zero-order valence-corrected chi connectivity index (χ0v) is 15.9. The van der Waals surface area contributed by atoms with E-state index in [4.69, 9.17) is 11.6 Å². The van der Waals surface area contributed by atoms with E-state index < -0.39 is 5.24 Å². The first-order valence-corrected chi connectivity index (χ1v) is 9.09. The van der Waals surface area contributed by atoms with Crippen LogP contribution in [-0.2, 0) is 6.42 Å². The van der Waals surface area contributed by atoms with Gasteiger partial charge in [0.2, 0.25) is 0 Å². The van der Waals surface area contributed by atoms with Crippen molar-refractivity contribution >= 4 is 22.8 Å². The summed E-state index contributed by atoms with van der Waals surface area (Å²) in [5.74, 6) is -0.0148. The molecule has 0 aliphatic rings. The Kier molecular flexibility index (Phi) is 8.27. The van der Waals surface area contributed by atoms with Crippen LogP contribution >= 0.6 is 11.6 Å². The van der Waals surface area contributed by atoms with Crippen molar-refractivity contribution in [3.63, 3.8) is 0 Å². The van der Waals surface area contributed by atoms with Crippen LogP contribution in [0.4, 0.5) is 0 Å². The summed E-state index contributed by atoms with van der Waals surface area (Å²) in [4.78, 5) is 22.3. The van der Waals surface area contributed by atoms with Gasteiger partial charge in [-0.1, -0.05) is 78.9 Å². The maximum absolute atomic E-state index is 11.9. The summed E-state index contributed by atoms with van der Waals surface area (Å²) in [7, 11) is 0. The van der Waals surface area contributed by atoms with Crippen LogP contribution in [0.25, 0.3) is 0 Å². The summed E-state index contributed by atoms with van der Waals surface area (Å²) in [6.45, 7) is 2.02. The van der Waals surface area contributed by atoms with Gasteiger partial charge in [0.25, 0.3) is 11.1 Å². The third-order valence-electron chi connectivity index (χ3n) is 3.80. The average molecular weight is 380 g/mol. The molecule has 3 aromatic rings. The summed E-state index contributed by atoms with van der Waals surface area (Å²) < 4.78 is 0. The molecule has 1 N–H and O–H groups in total. The van der Waals surface area contributed by atoms with Crippen molar-refractivity contribution in [1.29, 1.82) is 0 Å². The number of halogens is 1. The Morgan fingerprint density at radius 1 is 0.778 bits per heavy atom. The topological polar surface area (TPSA) is 46.2 Å². The van der Waals surface area contributed by atoms with E-state index in [1.807, 2.05) is 61.5 Å². The van der Waals surface area contributed by atoms with E-state index in [9.17, 15) is 9.59 Å². The van der Waals surface area contributed by atoms with E-state index >= 15 is 0 Å². The number of hydrogen-bond acceptors (Lipinski definition) is 2. The van der Waals surface area contributed by atoms with Gasteiger partial charge in [-0.15, -0.1) is 0 Å². The number of amides is 1. The third-order valence-corrected chi connectivity index (χ3v) is 4.02. The molecule has 0 fully saturated rings. The van der Waals surface area contributed by atoms with Crippen molar-refractivity contribution in [2.75, 3.05) is 0 Å². The normalized spacial score (nSPS) is 10.9. The Hall–Kier alpha value is -2.91. The first kappa shape index (κ1) is 20.4. The van der Waals surface area contributed by atoms with Crippen molar-refractivity contribution in [3.8, 4) is 0 Å². The highest BCUT2D eigenvalue weighted by atomic mass is 35.5. The second-order valence-corrected chi connectivity index (χ2v) is 6.41. The first-order valence-electron chi connectivity index (χ1n) is 8.71. The van der Waals surface area contributed by atoms with Crippen molar-refractivity contribution in [2.45, 2.75) is 19.4 Å². The van der Waals surface area contributed by atoms with Crippen LogP contribution in [0.3, 0.4) is 0 Å². The minimum Gasteiger partial charge on any atom is -0.349 e. The van der Waals surface area contributed by atoms with Gasteiger partial charge >= 0.3 is 0 Å². The van der Waals surface area contributed by atoms with Crippen LogP contribution in [0.1, 0.15) is 33.2 Å². The highest BCUT2D eigenvalue weighted by Crippen LogP contribution is 2.04. The highest BCUT2D eigenvalue weighted by Gasteiger charge is 2.09. The Labute approximate surface area is 165 Å². The number of nitrogens with one attached hydrogen (secondary N) is 1. The molecule has 1 atom stereocenters. The molecule has 0 saturated heterocycles. The van der Waals surface area contributed by atoms with Crippen molar-refractivity contribution in [1.82, 2.24) is 5.32 Å². The zero-order valence-electron chi connectivity index (χ0n) is 15.1. The second kappa shape index (κ2) is 10.9. The molecule has 0 spiro atoms. The smallest absolute Gasteiger partial charge is 0.252 e. The Bertz CT molecular complexity index is 836. The van der Waals surface area contributed by atoms with E-state index in [1.165, 1.54) is 5.56 Å². The first-order chi connectivity index (χ1) is 13.1. The van der Waals surface area contributed by atoms with E-state index in [0.717, 1.165) is 6.42 Å². The van der Waals surface area contributed by atoms with Crippen LogP contribution in [0.2, 0.25) is 0 Å². The number of carbonyl (C=O) groups is 2. The molecule has 138 valence electrons. The van der Waals surface area contributed by atoms with Crippen LogP contribution in [-0.4, -0.2) is 17.2 Å². The number of rotatable bonds is 5. The quantitative estimate of drug-likeness (QED) is 0.626. The minimum atomic E-state index is -0.407. The third kappa shape index (κ3) is 7.47. The summed E-state index contributed by atoms with van der Waals surface area (Å²) in [6, 6.07) is 28.3. The standard InChI is InChI=1S/C16H17NO.C7H5ClO/c1-13(12-14-8-4-2-5-9-14)17-16(18)15-10-6-3-7-11-15;8-7(9)6-4-2-1-3-5-6/h2-11,13H,12H2,1H3,(H,17,18);1-5H. The molecular formula is C23H22ClNO2. The Morgan fingerprint density at radius 2 is 1.22 bits per heavy atom. The molecule has 0 radical (unpaired) electrons. The van der Waals surface area contributed by atoms with E-state index in [1.54, 1.807) is 24.3 Å². The van der Waals surface area contributed by atoms with Gasteiger partial charge in [0.05, 0.1) is 0 Å². The van der Waals surface area contributed by atoms with Crippen molar-refractivity contribution in [2.24, 2.45) is 0 Å². The van der Waals surface area contributed by atoms with Crippen molar-refractivity contribution in [3.05, 3.63) is 108 Å². The van der Waals surface area contributed by atoms with Gasteiger partial charge in [-0.05, 0) is 42.6 Å². The SMILES string of the molecule is CC(Cc1ccccc1)NC(=O)c1ccccc1.O=C(Cl)c1ccccc1. The molecule has 3 nitrogen and oxygen atoms in total. The molecule has 0 aliphatic carbocycles. The van der Waals surface area contributed by atoms with Gasteiger partial charge in [-0.25, -0.2) is 0 Å². The van der Waals surface area contributed by atoms with E-state index in [2.05, 4.69) is 17.4 Å². The Balaban J connectivity index is 0.000000244. The van der Waals surface area contributed by atoms with Gasteiger partial charge < -0.3 is 5.32 Å². The molecule has 3 rings (SSSR count). The van der Waals surface area contributed by atoms with Gasteiger partial charge in [0, 0.05) is 17.2 Å². The number of carbonyl (C=O) groups excluding carboxylic acids is 2. The van der Waals surface area contributed by atoms with Gasteiger partial charge in [0.15, 0.2) is 0 Å². The maximum Gasteiger partial charge on any atom is 0.252 e. The molecule has 0 saturated carbocycles. The predicted octanol–water partition coefficient (Wildman–Crippen LogP) is 5.11. The van der Waals surface area contributed by atoms with Crippen molar-refractivity contribution < 1.29 is 9.59 Å². The summed E-state index contributed by atoms with van der Waals surface area (Å²) in [6.07, 6.45) is 0.847. The van der Waals surface area contributed by atoms with Gasteiger partial charge in [0.1, 0.15) is 0 Å². The fourth-order valence-electron chi connectivity index (χ4n) is 2.48. The van der Waals surface area contributed by atoms with Crippen LogP contribution in [0.15, 0.2) is 91.0 Å². The highest BCUT2D eigenvalue weighted by molar-refractivity contribution is 6.67. The molecule has 0 aliphatic heterocycles. The van der Waals surface area contributed by atoms with E-state index in [0.29, 0.717) is 11.1 Å². The lowest BCUT2D eigenvalue weighted by molar-refractivity contribution is 0.0939. The Morgan fingerprint density at radius 3 is 1.67 bits per heavy atom. The fraction of sp³-hybridized carbons (Fsp3) is 0.130. The number of benzene rings is 3. The van der Waals surface area contributed by atoms with Crippen LogP contribution in [0.5, 0.6) is 0 Å². The molecule has 27 heavy (non-hydrogen) atoms.